The fourth-order valence-corrected chi connectivity index (χ4v) is 20.1. The van der Waals surface area contributed by atoms with Crippen LogP contribution in [0.25, 0.3) is 0 Å². The van der Waals surface area contributed by atoms with Crippen molar-refractivity contribution >= 4 is 30.1 Å². The van der Waals surface area contributed by atoms with E-state index in [1.807, 2.05) is 19.1 Å². The SMILES string of the molecule is CCCC[C@H](C)/C=C(C)/C=C(\C)C(=O)NC1=C[C@](O)(/C=[CH]/[Sn]([CH2]CCC)([CH2]CCC)[CH2]CCC)[C@H]2O[C@H]2C1=O. The van der Waals surface area contributed by atoms with Gasteiger partial charge in [-0.25, -0.2) is 0 Å². The number of ether oxygens (including phenoxy) is 1. The van der Waals surface area contributed by atoms with Gasteiger partial charge in [0.05, 0.1) is 0 Å². The molecule has 5 nitrogen and oxygen atoms in total. The second kappa shape index (κ2) is 16.3. The zero-order chi connectivity index (χ0) is 29.1. The van der Waals surface area contributed by atoms with E-state index in [9.17, 15) is 14.7 Å². The third-order valence-electron chi connectivity index (χ3n) is 8.25. The standard InChI is InChI=1S/C21H28NO4.3C4H9.Sn/c1-6-8-9-13(3)10-14(4)11-15(5)20(24)22-16-12-21(25,7-2)19-18(26-19)17(16)23;3*1-3-4-2;/h2,7,10-13,18-19,25H,6,8-9H2,1,3-5H3,(H,22,24);3*1,3-4H2,2H3;/b7-2?,14-10+,15-11+;;;;/t13-,18-,19-,21+;;;;/m0..../s1. The first-order chi connectivity index (χ1) is 18.5. The Hall–Kier alpha value is -1.18. The zero-order valence-corrected chi connectivity index (χ0v) is 28.6. The van der Waals surface area contributed by atoms with Gasteiger partial charge in [0.1, 0.15) is 0 Å². The molecular formula is C33H55NO4Sn. The van der Waals surface area contributed by atoms with Crippen LogP contribution in [-0.2, 0) is 14.3 Å². The fraction of sp³-hybridized carbons (Fsp3) is 0.697. The van der Waals surface area contributed by atoms with E-state index in [1.54, 1.807) is 6.92 Å². The van der Waals surface area contributed by atoms with Gasteiger partial charge in [0.2, 0.25) is 0 Å². The number of Topliss-reactive ketones (excluding diaryl/α,β-unsaturated/α-hetero) is 1. The van der Waals surface area contributed by atoms with Crippen molar-refractivity contribution in [3.8, 4) is 0 Å². The van der Waals surface area contributed by atoms with E-state index < -0.39 is 36.2 Å². The normalized spacial score (nSPS) is 24.5. The molecule has 0 radical (unpaired) electrons. The molecule has 2 N–H and O–H groups in total. The number of aliphatic hydroxyl groups is 1. The molecule has 0 aromatic rings. The van der Waals surface area contributed by atoms with Crippen LogP contribution in [0.5, 0.6) is 0 Å². The van der Waals surface area contributed by atoms with Crippen molar-refractivity contribution in [2.45, 2.75) is 137 Å². The number of hydrogen-bond acceptors (Lipinski definition) is 4. The van der Waals surface area contributed by atoms with Crippen LogP contribution >= 0.6 is 0 Å². The first-order valence-electron chi connectivity index (χ1n) is 15.6. The Morgan fingerprint density at radius 3 is 2.15 bits per heavy atom. The van der Waals surface area contributed by atoms with E-state index in [0.29, 0.717) is 11.5 Å². The summed E-state index contributed by atoms with van der Waals surface area (Å²) in [4.78, 5) is 26.0. The van der Waals surface area contributed by atoms with E-state index in [2.05, 4.69) is 50.1 Å². The monoisotopic (exact) mass is 649 g/mol. The molecule has 1 amide bonds. The van der Waals surface area contributed by atoms with Crippen LogP contribution in [0, 0.1) is 5.92 Å². The number of epoxide rings is 1. The second-order valence-corrected chi connectivity index (χ2v) is 25.1. The van der Waals surface area contributed by atoms with E-state index in [-0.39, 0.29) is 17.4 Å². The minimum absolute atomic E-state index is 0.146. The minimum atomic E-state index is -2.65. The summed E-state index contributed by atoms with van der Waals surface area (Å²) in [5, 5.41) is 14.5. The van der Waals surface area contributed by atoms with E-state index >= 15 is 0 Å². The molecule has 39 heavy (non-hydrogen) atoms. The van der Waals surface area contributed by atoms with Gasteiger partial charge in [-0.05, 0) is 6.42 Å². The van der Waals surface area contributed by atoms with Gasteiger partial charge < -0.3 is 0 Å². The van der Waals surface area contributed by atoms with Crippen LogP contribution < -0.4 is 5.32 Å². The molecule has 4 atom stereocenters. The molecule has 0 saturated carbocycles. The maximum atomic E-state index is 13.0. The van der Waals surface area contributed by atoms with Gasteiger partial charge >= 0.3 is 210 Å². The molecule has 0 bridgehead atoms. The van der Waals surface area contributed by atoms with Crippen LogP contribution in [0.4, 0.5) is 0 Å². The van der Waals surface area contributed by atoms with Crippen molar-refractivity contribution in [3.63, 3.8) is 0 Å². The van der Waals surface area contributed by atoms with Gasteiger partial charge in [0.25, 0.3) is 0 Å². The third-order valence-corrected chi connectivity index (χ3v) is 22.3. The summed E-state index contributed by atoms with van der Waals surface area (Å²) in [5.41, 5.74) is 0.353. The Balaban J connectivity index is 2.26. The van der Waals surface area contributed by atoms with Crippen LogP contribution in [0.1, 0.15) is 106 Å². The Morgan fingerprint density at radius 2 is 1.62 bits per heavy atom. The Bertz CT molecular complexity index is 928. The number of carbonyl (C=O) groups excluding carboxylic acids is 2. The summed E-state index contributed by atoms with van der Waals surface area (Å²) in [7, 11) is 0. The second-order valence-electron chi connectivity index (χ2n) is 12.1. The van der Waals surface area contributed by atoms with Crippen molar-refractivity contribution in [2.24, 2.45) is 5.92 Å². The summed E-state index contributed by atoms with van der Waals surface area (Å²) in [6, 6.07) is 0. The molecule has 6 heteroatoms. The van der Waals surface area contributed by atoms with E-state index in [1.165, 1.54) is 70.8 Å². The number of fused-ring (bicyclic) bond motifs is 1. The molecule has 1 aliphatic heterocycles. The summed E-state index contributed by atoms with van der Waals surface area (Å²) < 4.78 is 12.0. The molecule has 1 aliphatic carbocycles. The van der Waals surface area contributed by atoms with Gasteiger partial charge in [0.15, 0.2) is 0 Å². The van der Waals surface area contributed by atoms with Crippen LogP contribution in [-0.4, -0.2) is 53.0 Å². The molecule has 0 aromatic carbocycles. The Labute approximate surface area is 242 Å². The van der Waals surface area contributed by atoms with Crippen molar-refractivity contribution in [1.29, 1.82) is 0 Å². The fourth-order valence-electron chi connectivity index (χ4n) is 5.70. The van der Waals surface area contributed by atoms with Crippen molar-refractivity contribution < 1.29 is 19.4 Å². The summed E-state index contributed by atoms with van der Waals surface area (Å²) >= 11 is -2.65. The summed E-state index contributed by atoms with van der Waals surface area (Å²) in [5.74, 6) is -0.122. The first kappa shape index (κ1) is 34.0. The van der Waals surface area contributed by atoms with E-state index in [4.69, 9.17) is 4.74 Å². The van der Waals surface area contributed by atoms with Crippen molar-refractivity contribution in [1.82, 2.24) is 5.32 Å². The molecule has 1 heterocycles. The average Bonchev–Trinajstić information content (AvgIpc) is 3.72. The topological polar surface area (TPSA) is 78.9 Å². The number of amides is 1. The molecule has 1 saturated heterocycles. The Morgan fingerprint density at radius 1 is 1.05 bits per heavy atom. The number of carbonyl (C=O) groups is 2. The van der Waals surface area contributed by atoms with Crippen molar-refractivity contribution in [2.75, 3.05) is 0 Å². The van der Waals surface area contributed by atoms with E-state index in [0.717, 1.165) is 12.0 Å². The van der Waals surface area contributed by atoms with Gasteiger partial charge in [-0.15, -0.1) is 0 Å². The molecule has 0 aromatic heterocycles. The van der Waals surface area contributed by atoms with Gasteiger partial charge in [-0.3, -0.25) is 0 Å². The maximum absolute atomic E-state index is 13.0. The zero-order valence-electron chi connectivity index (χ0n) is 25.8. The van der Waals surface area contributed by atoms with Gasteiger partial charge in [-0.1, -0.05) is 26.7 Å². The number of rotatable bonds is 18. The first-order valence-corrected chi connectivity index (χ1v) is 23.3. The molecule has 1 fully saturated rings. The van der Waals surface area contributed by atoms with Gasteiger partial charge in [-0.2, -0.15) is 0 Å². The van der Waals surface area contributed by atoms with Crippen LogP contribution in [0.2, 0.25) is 13.3 Å². The van der Waals surface area contributed by atoms with Crippen LogP contribution in [0.3, 0.4) is 0 Å². The molecule has 2 aliphatic rings. The summed E-state index contributed by atoms with van der Waals surface area (Å²) in [6.07, 6.45) is 17.1. The van der Waals surface area contributed by atoms with Crippen LogP contribution in [0.15, 0.2) is 45.2 Å². The number of unbranched alkanes of at least 4 members (excludes halogenated alkanes) is 4. The predicted octanol–water partition coefficient (Wildman–Crippen LogP) is 7.73. The Kier molecular flexibility index (Phi) is 14.2. The molecule has 0 unspecified atom stereocenters. The number of nitrogens with one attached hydrogen (secondary N) is 1. The quantitative estimate of drug-likeness (QED) is 0.0691. The van der Waals surface area contributed by atoms with Crippen molar-refractivity contribution in [3.05, 3.63) is 45.2 Å². The molecule has 0 spiro atoms. The van der Waals surface area contributed by atoms with Gasteiger partial charge in [0, 0.05) is 0 Å². The summed E-state index contributed by atoms with van der Waals surface area (Å²) in [6.45, 7) is 14.9. The number of ketones is 1. The molecule has 2 rings (SSSR count). The number of allylic oxidation sites excluding steroid dienone is 3. The third kappa shape index (κ3) is 10.3. The average molecular weight is 649 g/mol. The number of hydrogen-bond donors (Lipinski definition) is 2. The molecular weight excluding hydrogens is 593 g/mol. The molecule has 220 valence electrons. The predicted molar refractivity (Wildman–Crippen MR) is 165 cm³/mol.